The molecule has 4 nitrogen and oxygen atoms in total. The van der Waals surface area contributed by atoms with Crippen LogP contribution >= 0.6 is 0 Å². The number of hydrogen-bond acceptors (Lipinski definition) is 3. The molecule has 0 aliphatic carbocycles. The van der Waals surface area contributed by atoms with Crippen molar-refractivity contribution in [1.29, 1.82) is 0 Å². The van der Waals surface area contributed by atoms with E-state index in [4.69, 9.17) is 0 Å². The lowest BCUT2D eigenvalue weighted by Gasteiger charge is -2.33. The molecule has 1 aromatic heterocycles. The molecule has 1 saturated heterocycles. The van der Waals surface area contributed by atoms with E-state index in [1.165, 1.54) is 25.8 Å². The van der Waals surface area contributed by atoms with Crippen molar-refractivity contribution in [2.45, 2.75) is 58.9 Å². The van der Waals surface area contributed by atoms with Gasteiger partial charge in [-0.25, -0.2) is 0 Å². The summed E-state index contributed by atoms with van der Waals surface area (Å²) in [5.41, 5.74) is 3.65. The lowest BCUT2D eigenvalue weighted by molar-refractivity contribution is 0.0953. The molecule has 1 unspecified atom stereocenters. The Morgan fingerprint density at radius 3 is 2.88 bits per heavy atom. The molecule has 0 bridgehead atoms. The fraction of sp³-hybridized carbons (Fsp3) is 0.545. The molecule has 0 spiro atoms. The SMILES string of the molecule is Cc1ccc2nc(C)cc(C(=O)NCCCCN3CCCCC3C)c2c1. The molecule has 1 amide bonds. The largest absolute Gasteiger partial charge is 0.352 e. The van der Waals surface area contributed by atoms with Crippen molar-refractivity contribution in [3.8, 4) is 0 Å². The molecule has 2 aromatic rings. The Hall–Kier alpha value is -1.94. The second-order valence-electron chi connectivity index (χ2n) is 7.68. The zero-order chi connectivity index (χ0) is 18.5. The number of benzene rings is 1. The number of carbonyl (C=O) groups is 1. The molecule has 2 heterocycles. The third-order valence-corrected chi connectivity index (χ3v) is 5.44. The topological polar surface area (TPSA) is 45.2 Å². The van der Waals surface area contributed by atoms with Crippen LogP contribution in [0.15, 0.2) is 24.3 Å². The van der Waals surface area contributed by atoms with Gasteiger partial charge in [-0.1, -0.05) is 18.1 Å². The number of carbonyl (C=O) groups excluding carboxylic acids is 1. The Kier molecular flexibility index (Phi) is 6.25. The highest BCUT2D eigenvalue weighted by Crippen LogP contribution is 2.20. The highest BCUT2D eigenvalue weighted by Gasteiger charge is 2.17. The van der Waals surface area contributed by atoms with E-state index >= 15 is 0 Å². The van der Waals surface area contributed by atoms with Gasteiger partial charge < -0.3 is 10.2 Å². The van der Waals surface area contributed by atoms with Crippen LogP contribution in [0, 0.1) is 13.8 Å². The average Bonchev–Trinajstić information content (AvgIpc) is 2.62. The van der Waals surface area contributed by atoms with Crippen LogP contribution in [-0.2, 0) is 0 Å². The number of nitrogens with one attached hydrogen (secondary N) is 1. The molecule has 0 radical (unpaired) electrons. The minimum atomic E-state index is 0.0115. The number of nitrogens with zero attached hydrogens (tertiary/aromatic N) is 2. The van der Waals surface area contributed by atoms with E-state index in [2.05, 4.69) is 28.2 Å². The summed E-state index contributed by atoms with van der Waals surface area (Å²) in [4.78, 5) is 19.8. The summed E-state index contributed by atoms with van der Waals surface area (Å²) in [5, 5.41) is 4.04. The highest BCUT2D eigenvalue weighted by molar-refractivity contribution is 6.06. The Balaban J connectivity index is 1.54. The van der Waals surface area contributed by atoms with Crippen LogP contribution in [0.5, 0.6) is 0 Å². The Morgan fingerprint density at radius 1 is 1.23 bits per heavy atom. The molecule has 1 N–H and O–H groups in total. The lowest BCUT2D eigenvalue weighted by atomic mass is 10.0. The van der Waals surface area contributed by atoms with E-state index in [1.54, 1.807) is 0 Å². The van der Waals surface area contributed by atoms with E-state index in [0.717, 1.165) is 53.7 Å². The second-order valence-corrected chi connectivity index (χ2v) is 7.68. The first-order chi connectivity index (χ1) is 12.5. The molecular formula is C22H31N3O. The second kappa shape index (κ2) is 8.63. The number of unbranched alkanes of at least 4 members (excludes halogenated alkanes) is 1. The van der Waals surface area contributed by atoms with Gasteiger partial charge >= 0.3 is 0 Å². The molecule has 4 heteroatoms. The van der Waals surface area contributed by atoms with Gasteiger partial charge in [0.15, 0.2) is 0 Å². The first-order valence-corrected chi connectivity index (χ1v) is 9.95. The minimum Gasteiger partial charge on any atom is -0.352 e. The summed E-state index contributed by atoms with van der Waals surface area (Å²) in [5.74, 6) is 0.0115. The summed E-state index contributed by atoms with van der Waals surface area (Å²) in [6.45, 7) is 9.43. The smallest absolute Gasteiger partial charge is 0.252 e. The molecule has 1 atom stereocenters. The first-order valence-electron chi connectivity index (χ1n) is 9.95. The predicted molar refractivity (Wildman–Crippen MR) is 108 cm³/mol. The summed E-state index contributed by atoms with van der Waals surface area (Å²) in [6, 6.07) is 8.69. The van der Waals surface area contributed by atoms with Crippen molar-refractivity contribution in [2.24, 2.45) is 0 Å². The highest BCUT2D eigenvalue weighted by atomic mass is 16.1. The Bertz CT molecular complexity index is 771. The number of likely N-dealkylation sites (tertiary alicyclic amines) is 1. The zero-order valence-corrected chi connectivity index (χ0v) is 16.3. The van der Waals surface area contributed by atoms with Crippen molar-refractivity contribution < 1.29 is 4.79 Å². The van der Waals surface area contributed by atoms with E-state index in [-0.39, 0.29) is 5.91 Å². The van der Waals surface area contributed by atoms with Gasteiger partial charge in [-0.2, -0.15) is 0 Å². The number of fused-ring (bicyclic) bond motifs is 1. The number of aryl methyl sites for hydroxylation is 2. The average molecular weight is 354 g/mol. The number of hydrogen-bond donors (Lipinski definition) is 1. The first kappa shape index (κ1) is 18.8. The lowest BCUT2D eigenvalue weighted by Crippen LogP contribution is -2.38. The van der Waals surface area contributed by atoms with Gasteiger partial charge in [0.2, 0.25) is 0 Å². The molecule has 3 rings (SSSR count). The maximum Gasteiger partial charge on any atom is 0.252 e. The summed E-state index contributed by atoms with van der Waals surface area (Å²) in [7, 11) is 0. The summed E-state index contributed by atoms with van der Waals surface area (Å²) < 4.78 is 0. The van der Waals surface area contributed by atoms with Crippen molar-refractivity contribution >= 4 is 16.8 Å². The van der Waals surface area contributed by atoms with Gasteiger partial charge in [0.1, 0.15) is 0 Å². The van der Waals surface area contributed by atoms with Crippen LogP contribution in [0.3, 0.4) is 0 Å². The maximum atomic E-state index is 12.7. The molecule has 26 heavy (non-hydrogen) atoms. The minimum absolute atomic E-state index is 0.0115. The fourth-order valence-corrected chi connectivity index (χ4v) is 3.89. The van der Waals surface area contributed by atoms with E-state index < -0.39 is 0 Å². The van der Waals surface area contributed by atoms with Crippen molar-refractivity contribution in [2.75, 3.05) is 19.6 Å². The zero-order valence-electron chi connectivity index (χ0n) is 16.3. The summed E-state index contributed by atoms with van der Waals surface area (Å²) in [6.07, 6.45) is 6.18. The van der Waals surface area contributed by atoms with Crippen LogP contribution in [0.2, 0.25) is 0 Å². The quantitative estimate of drug-likeness (QED) is 0.790. The van der Waals surface area contributed by atoms with Crippen LogP contribution in [-0.4, -0.2) is 41.5 Å². The standard InChI is InChI=1S/C22H31N3O/c1-16-9-10-21-19(14-16)20(15-17(2)24-21)22(26)23-11-5-7-13-25-12-6-4-8-18(25)3/h9-10,14-15,18H,4-8,11-13H2,1-3H3,(H,23,26). The van der Waals surface area contributed by atoms with Gasteiger partial charge in [-0.15, -0.1) is 0 Å². The van der Waals surface area contributed by atoms with Crippen LogP contribution in [0.1, 0.15) is 60.6 Å². The van der Waals surface area contributed by atoms with Crippen molar-refractivity contribution in [1.82, 2.24) is 15.2 Å². The van der Waals surface area contributed by atoms with Gasteiger partial charge in [-0.3, -0.25) is 9.78 Å². The van der Waals surface area contributed by atoms with Crippen LogP contribution < -0.4 is 5.32 Å². The molecule has 1 aliphatic rings. The molecule has 1 fully saturated rings. The number of rotatable bonds is 6. The van der Waals surface area contributed by atoms with E-state index in [0.29, 0.717) is 6.04 Å². The summed E-state index contributed by atoms with van der Waals surface area (Å²) >= 11 is 0. The van der Waals surface area contributed by atoms with Crippen LogP contribution in [0.4, 0.5) is 0 Å². The normalized spacial score (nSPS) is 18.2. The van der Waals surface area contributed by atoms with E-state index in [9.17, 15) is 4.79 Å². The molecule has 0 saturated carbocycles. The fourth-order valence-electron chi connectivity index (χ4n) is 3.89. The molecule has 140 valence electrons. The number of pyridine rings is 1. The Labute approximate surface area is 157 Å². The van der Waals surface area contributed by atoms with Gasteiger partial charge in [0.05, 0.1) is 11.1 Å². The number of aromatic nitrogens is 1. The van der Waals surface area contributed by atoms with Crippen molar-refractivity contribution in [3.05, 3.63) is 41.1 Å². The van der Waals surface area contributed by atoms with Crippen molar-refractivity contribution in [3.63, 3.8) is 0 Å². The Morgan fingerprint density at radius 2 is 2.08 bits per heavy atom. The van der Waals surface area contributed by atoms with Crippen LogP contribution in [0.25, 0.3) is 10.9 Å². The third kappa shape index (κ3) is 4.61. The molecule has 1 aliphatic heterocycles. The maximum absolute atomic E-state index is 12.7. The molecular weight excluding hydrogens is 322 g/mol. The predicted octanol–water partition coefficient (Wildman–Crippen LogP) is 4.24. The van der Waals surface area contributed by atoms with Gasteiger partial charge in [-0.05, 0) is 77.7 Å². The van der Waals surface area contributed by atoms with E-state index in [1.807, 2.05) is 32.0 Å². The number of piperidine rings is 1. The van der Waals surface area contributed by atoms with Gasteiger partial charge in [0.25, 0.3) is 5.91 Å². The third-order valence-electron chi connectivity index (χ3n) is 5.44. The van der Waals surface area contributed by atoms with Gasteiger partial charge in [0, 0.05) is 23.7 Å². The molecule has 1 aromatic carbocycles. The monoisotopic (exact) mass is 353 g/mol. The number of amides is 1.